The number of nitrogens with zero attached hydrogens (tertiary/aromatic N) is 2. The van der Waals surface area contributed by atoms with Crippen LogP contribution in [0.1, 0.15) is 44.6 Å². The standard InChI is InChI=1S/C20H29N3O2/c1-2-25-20(24)12-9-18-7-10-19(11-8-18)22-13-5-3-4-6-15-23-16-14-21-17-23/h7-8,10-11,14,16-17,22H,2-6,9,12-13,15H2,1H3. The molecule has 0 bridgehead atoms. The van der Waals surface area contributed by atoms with Gasteiger partial charge in [-0.15, -0.1) is 0 Å². The minimum absolute atomic E-state index is 0.127. The average Bonchev–Trinajstić information content (AvgIpc) is 3.14. The summed E-state index contributed by atoms with van der Waals surface area (Å²) in [6, 6.07) is 8.32. The van der Waals surface area contributed by atoms with E-state index in [0.29, 0.717) is 13.0 Å². The number of carbonyl (C=O) groups excluding carboxylic acids is 1. The van der Waals surface area contributed by atoms with E-state index in [1.807, 2.05) is 25.6 Å². The molecule has 0 aliphatic carbocycles. The Morgan fingerprint density at radius 3 is 2.68 bits per heavy atom. The van der Waals surface area contributed by atoms with Crippen LogP contribution in [0.4, 0.5) is 5.69 Å². The summed E-state index contributed by atoms with van der Waals surface area (Å²) in [5.41, 5.74) is 2.30. The number of hydrogen-bond acceptors (Lipinski definition) is 4. The zero-order valence-corrected chi connectivity index (χ0v) is 15.1. The van der Waals surface area contributed by atoms with Crippen LogP contribution in [-0.4, -0.2) is 28.7 Å². The van der Waals surface area contributed by atoms with E-state index in [2.05, 4.69) is 39.1 Å². The van der Waals surface area contributed by atoms with Crippen molar-refractivity contribution in [3.05, 3.63) is 48.5 Å². The second-order valence-corrected chi connectivity index (χ2v) is 6.14. The molecular weight excluding hydrogens is 314 g/mol. The van der Waals surface area contributed by atoms with Crippen LogP contribution in [0.5, 0.6) is 0 Å². The number of anilines is 1. The number of nitrogens with one attached hydrogen (secondary N) is 1. The molecule has 0 saturated carbocycles. The first-order valence-corrected chi connectivity index (χ1v) is 9.22. The molecule has 1 aromatic carbocycles. The summed E-state index contributed by atoms with van der Waals surface area (Å²) in [6.45, 7) is 4.33. The number of ether oxygens (including phenoxy) is 1. The zero-order valence-electron chi connectivity index (χ0n) is 15.1. The van der Waals surface area contributed by atoms with Gasteiger partial charge in [-0.1, -0.05) is 25.0 Å². The van der Waals surface area contributed by atoms with Crippen molar-refractivity contribution < 1.29 is 9.53 Å². The molecule has 1 N–H and O–H groups in total. The third-order valence-corrected chi connectivity index (χ3v) is 4.11. The maximum absolute atomic E-state index is 11.4. The Balaban J connectivity index is 1.53. The van der Waals surface area contributed by atoms with Gasteiger partial charge in [-0.3, -0.25) is 4.79 Å². The second kappa shape index (κ2) is 11.3. The van der Waals surface area contributed by atoms with E-state index in [0.717, 1.165) is 30.8 Å². The van der Waals surface area contributed by atoms with E-state index < -0.39 is 0 Å². The lowest BCUT2D eigenvalue weighted by molar-refractivity contribution is -0.143. The topological polar surface area (TPSA) is 56.1 Å². The fourth-order valence-electron chi connectivity index (χ4n) is 2.69. The fourth-order valence-corrected chi connectivity index (χ4v) is 2.69. The van der Waals surface area contributed by atoms with Gasteiger partial charge in [0.15, 0.2) is 0 Å². The number of imidazole rings is 1. The summed E-state index contributed by atoms with van der Waals surface area (Å²) in [6.07, 6.45) is 11.7. The summed E-state index contributed by atoms with van der Waals surface area (Å²) in [4.78, 5) is 15.4. The van der Waals surface area contributed by atoms with Crippen molar-refractivity contribution in [2.75, 3.05) is 18.5 Å². The van der Waals surface area contributed by atoms with Crippen molar-refractivity contribution in [3.8, 4) is 0 Å². The number of rotatable bonds is 12. The molecular formula is C20H29N3O2. The molecule has 2 aromatic rings. The average molecular weight is 343 g/mol. The predicted octanol–water partition coefficient (Wildman–Crippen LogP) is 4.05. The number of unbranched alkanes of at least 4 members (excludes halogenated alkanes) is 3. The molecule has 0 aliphatic heterocycles. The van der Waals surface area contributed by atoms with Gasteiger partial charge in [0.25, 0.3) is 0 Å². The van der Waals surface area contributed by atoms with Crippen molar-refractivity contribution in [2.24, 2.45) is 0 Å². The molecule has 0 aliphatic rings. The smallest absolute Gasteiger partial charge is 0.306 e. The van der Waals surface area contributed by atoms with Gasteiger partial charge in [0, 0.05) is 37.6 Å². The molecule has 0 spiro atoms. The number of aromatic nitrogens is 2. The Morgan fingerprint density at radius 1 is 1.16 bits per heavy atom. The Bertz CT molecular complexity index is 594. The molecule has 136 valence electrons. The van der Waals surface area contributed by atoms with E-state index in [-0.39, 0.29) is 5.97 Å². The highest BCUT2D eigenvalue weighted by molar-refractivity contribution is 5.69. The third-order valence-electron chi connectivity index (χ3n) is 4.11. The van der Waals surface area contributed by atoms with Crippen molar-refractivity contribution in [1.82, 2.24) is 9.55 Å². The van der Waals surface area contributed by atoms with Crippen LogP contribution in [0.15, 0.2) is 43.0 Å². The molecule has 0 atom stereocenters. The first kappa shape index (κ1) is 19.0. The van der Waals surface area contributed by atoms with Gasteiger partial charge < -0.3 is 14.6 Å². The molecule has 1 heterocycles. The summed E-state index contributed by atoms with van der Waals surface area (Å²) in [7, 11) is 0. The van der Waals surface area contributed by atoms with Crippen LogP contribution < -0.4 is 5.32 Å². The molecule has 0 unspecified atom stereocenters. The van der Waals surface area contributed by atoms with E-state index in [1.165, 1.54) is 25.7 Å². The molecule has 0 fully saturated rings. The van der Waals surface area contributed by atoms with Gasteiger partial charge in [-0.25, -0.2) is 4.98 Å². The highest BCUT2D eigenvalue weighted by Crippen LogP contribution is 2.12. The van der Waals surface area contributed by atoms with Crippen molar-refractivity contribution >= 4 is 11.7 Å². The highest BCUT2D eigenvalue weighted by atomic mass is 16.5. The number of benzene rings is 1. The van der Waals surface area contributed by atoms with Gasteiger partial charge in [0.2, 0.25) is 0 Å². The molecule has 0 saturated heterocycles. The van der Waals surface area contributed by atoms with Crippen LogP contribution >= 0.6 is 0 Å². The number of hydrogen-bond donors (Lipinski definition) is 1. The van der Waals surface area contributed by atoms with Crippen LogP contribution in [0.2, 0.25) is 0 Å². The lowest BCUT2D eigenvalue weighted by Gasteiger charge is -2.08. The van der Waals surface area contributed by atoms with Crippen LogP contribution in [0, 0.1) is 0 Å². The summed E-state index contributed by atoms with van der Waals surface area (Å²) in [5.74, 6) is -0.127. The lowest BCUT2D eigenvalue weighted by atomic mass is 10.1. The normalized spacial score (nSPS) is 10.6. The van der Waals surface area contributed by atoms with E-state index >= 15 is 0 Å². The van der Waals surface area contributed by atoms with E-state index in [4.69, 9.17) is 4.74 Å². The van der Waals surface area contributed by atoms with E-state index in [1.54, 1.807) is 0 Å². The van der Waals surface area contributed by atoms with Crippen LogP contribution in [-0.2, 0) is 22.5 Å². The number of aryl methyl sites for hydroxylation is 2. The van der Waals surface area contributed by atoms with Crippen molar-refractivity contribution in [1.29, 1.82) is 0 Å². The van der Waals surface area contributed by atoms with E-state index in [9.17, 15) is 4.79 Å². The minimum atomic E-state index is -0.127. The first-order chi connectivity index (χ1) is 12.3. The Hall–Kier alpha value is -2.30. The third kappa shape index (κ3) is 7.88. The molecule has 5 nitrogen and oxygen atoms in total. The fraction of sp³-hybridized carbons (Fsp3) is 0.500. The molecule has 0 amide bonds. The Labute approximate surface area is 150 Å². The van der Waals surface area contributed by atoms with Crippen LogP contribution in [0.25, 0.3) is 0 Å². The summed E-state index contributed by atoms with van der Waals surface area (Å²) in [5, 5.41) is 3.45. The monoisotopic (exact) mass is 343 g/mol. The van der Waals surface area contributed by atoms with Gasteiger partial charge in [0.05, 0.1) is 12.9 Å². The minimum Gasteiger partial charge on any atom is -0.466 e. The first-order valence-electron chi connectivity index (χ1n) is 9.22. The largest absolute Gasteiger partial charge is 0.466 e. The lowest BCUT2D eigenvalue weighted by Crippen LogP contribution is -2.05. The van der Waals surface area contributed by atoms with Crippen molar-refractivity contribution in [3.63, 3.8) is 0 Å². The summed E-state index contributed by atoms with van der Waals surface area (Å²) < 4.78 is 7.07. The highest BCUT2D eigenvalue weighted by Gasteiger charge is 2.02. The maximum Gasteiger partial charge on any atom is 0.306 e. The zero-order chi connectivity index (χ0) is 17.7. The number of esters is 1. The van der Waals surface area contributed by atoms with Gasteiger partial charge in [-0.2, -0.15) is 0 Å². The molecule has 0 radical (unpaired) electrons. The molecule has 25 heavy (non-hydrogen) atoms. The number of carbonyl (C=O) groups is 1. The maximum atomic E-state index is 11.4. The van der Waals surface area contributed by atoms with Gasteiger partial charge in [-0.05, 0) is 43.9 Å². The SMILES string of the molecule is CCOC(=O)CCc1ccc(NCCCCCCn2ccnc2)cc1. The van der Waals surface area contributed by atoms with Crippen molar-refractivity contribution in [2.45, 2.75) is 52.0 Å². The second-order valence-electron chi connectivity index (χ2n) is 6.14. The van der Waals surface area contributed by atoms with Crippen LogP contribution in [0.3, 0.4) is 0 Å². The molecule has 2 rings (SSSR count). The van der Waals surface area contributed by atoms with Gasteiger partial charge >= 0.3 is 5.97 Å². The Kier molecular flexibility index (Phi) is 8.59. The summed E-state index contributed by atoms with van der Waals surface area (Å²) >= 11 is 0. The van der Waals surface area contributed by atoms with Gasteiger partial charge in [0.1, 0.15) is 0 Å². The molecule has 5 heteroatoms. The quantitative estimate of drug-likeness (QED) is 0.466. The Morgan fingerprint density at radius 2 is 1.96 bits per heavy atom. The molecule has 1 aromatic heterocycles. The predicted molar refractivity (Wildman–Crippen MR) is 101 cm³/mol.